The van der Waals surface area contributed by atoms with Crippen LogP contribution in [0, 0.1) is 11.3 Å². The van der Waals surface area contributed by atoms with Crippen LogP contribution in [0.5, 0.6) is 0 Å². The second-order valence-corrected chi connectivity index (χ2v) is 5.33. The first-order chi connectivity index (χ1) is 12.1. The highest BCUT2D eigenvalue weighted by atomic mass is 16.2. The number of benzene rings is 2. The Labute approximate surface area is 150 Å². The zero-order valence-corrected chi connectivity index (χ0v) is 15.0. The van der Waals surface area contributed by atoms with Gasteiger partial charge in [0.05, 0.1) is 5.71 Å². The molecule has 132 valence electrons. The Morgan fingerprint density at radius 3 is 2.20 bits per heavy atom. The van der Waals surface area contributed by atoms with Crippen LogP contribution in [0.15, 0.2) is 67.3 Å². The zero-order chi connectivity index (χ0) is 18.7. The van der Waals surface area contributed by atoms with E-state index in [2.05, 4.69) is 11.9 Å². The molecule has 0 heterocycles. The zero-order valence-electron chi connectivity index (χ0n) is 15.0. The van der Waals surface area contributed by atoms with Gasteiger partial charge < -0.3 is 16.5 Å². The van der Waals surface area contributed by atoms with Gasteiger partial charge in [0, 0.05) is 22.9 Å². The minimum atomic E-state index is 0.168. The number of rotatable bonds is 4. The van der Waals surface area contributed by atoms with E-state index >= 15 is 0 Å². The van der Waals surface area contributed by atoms with Gasteiger partial charge in [0.15, 0.2) is 0 Å². The molecule has 0 bridgehead atoms. The maximum absolute atomic E-state index is 11.3. The molecule has 4 nitrogen and oxygen atoms in total. The first-order valence-electron chi connectivity index (χ1n) is 8.53. The van der Waals surface area contributed by atoms with Crippen molar-refractivity contribution in [3.05, 3.63) is 72.8 Å². The predicted molar refractivity (Wildman–Crippen MR) is 107 cm³/mol. The molecule has 4 heteroatoms. The molecule has 2 aromatic rings. The van der Waals surface area contributed by atoms with Gasteiger partial charge >= 0.3 is 0 Å². The summed E-state index contributed by atoms with van der Waals surface area (Å²) in [5.41, 5.74) is 8.23. The van der Waals surface area contributed by atoms with Crippen molar-refractivity contribution in [2.75, 3.05) is 11.1 Å². The van der Waals surface area contributed by atoms with Gasteiger partial charge in [0.2, 0.25) is 5.91 Å². The average molecular weight is 337 g/mol. The van der Waals surface area contributed by atoms with Gasteiger partial charge in [-0.3, -0.25) is 4.79 Å². The van der Waals surface area contributed by atoms with Crippen molar-refractivity contribution in [3.8, 4) is 0 Å². The van der Waals surface area contributed by atoms with Crippen LogP contribution in [0.25, 0.3) is 0 Å². The van der Waals surface area contributed by atoms with Crippen molar-refractivity contribution in [3.63, 3.8) is 0 Å². The van der Waals surface area contributed by atoms with Gasteiger partial charge in [-0.1, -0.05) is 56.8 Å². The number of nitrogen functional groups attached to an aromatic ring is 1. The third-order valence-electron chi connectivity index (χ3n) is 3.44. The van der Waals surface area contributed by atoms with E-state index in [0.29, 0.717) is 11.4 Å². The fourth-order valence-electron chi connectivity index (χ4n) is 1.96. The molecule has 0 spiro atoms. The summed E-state index contributed by atoms with van der Waals surface area (Å²) in [4.78, 5) is 11.3. The molecule has 0 aromatic heterocycles. The molecule has 1 aliphatic carbocycles. The molecule has 0 radical (unpaired) electrons. The Balaban J connectivity index is 0.000000229. The fraction of sp³-hybridized carbons (Fsp3) is 0.238. The lowest BCUT2D eigenvalue weighted by molar-refractivity contribution is -0.117. The molecule has 1 fully saturated rings. The number of amides is 1. The van der Waals surface area contributed by atoms with E-state index in [4.69, 9.17) is 11.1 Å². The Kier molecular flexibility index (Phi) is 8.72. The number of carbonyl (C=O) groups excluding carboxylic acids is 1. The molecular weight excluding hydrogens is 310 g/mol. The summed E-state index contributed by atoms with van der Waals surface area (Å²) in [6, 6.07) is 16.9. The second-order valence-electron chi connectivity index (χ2n) is 5.33. The Hall–Kier alpha value is -2.88. The minimum Gasteiger partial charge on any atom is -0.398 e. The maximum atomic E-state index is 11.3. The standard InChI is InChI=1S/C10H11NO.C9H10N2.C2H6/c12-10(8-6-7-8)11-9-4-2-1-3-5-9;1-2-8(10)7-5-3-4-6-9(7)11;1-2/h1-5,8H,6-7H2,(H,11,12);2-6,10H,1,11H2;1-2H3. The normalized spacial score (nSPS) is 11.8. The first kappa shape index (κ1) is 20.2. The number of nitrogens with two attached hydrogens (primary N) is 1. The molecule has 0 atom stereocenters. The van der Waals surface area contributed by atoms with Crippen LogP contribution in [0.1, 0.15) is 32.3 Å². The predicted octanol–water partition coefficient (Wildman–Crippen LogP) is 4.88. The fourth-order valence-corrected chi connectivity index (χ4v) is 1.96. The van der Waals surface area contributed by atoms with Crippen molar-refractivity contribution in [2.45, 2.75) is 26.7 Å². The lowest BCUT2D eigenvalue weighted by Gasteiger charge is -2.01. The largest absolute Gasteiger partial charge is 0.398 e. The molecular formula is C21H27N3O. The summed E-state index contributed by atoms with van der Waals surface area (Å²) in [5.74, 6) is 0.450. The Morgan fingerprint density at radius 2 is 1.68 bits per heavy atom. The van der Waals surface area contributed by atoms with Crippen molar-refractivity contribution in [2.24, 2.45) is 5.92 Å². The van der Waals surface area contributed by atoms with Crippen LogP contribution in [0.4, 0.5) is 11.4 Å². The van der Waals surface area contributed by atoms with Gasteiger partial charge in [-0.15, -0.1) is 0 Å². The summed E-state index contributed by atoms with van der Waals surface area (Å²) in [6.07, 6.45) is 3.59. The molecule has 4 N–H and O–H groups in total. The van der Waals surface area contributed by atoms with Gasteiger partial charge in [0.1, 0.15) is 0 Å². The minimum absolute atomic E-state index is 0.168. The molecule has 2 aromatic carbocycles. The average Bonchev–Trinajstić information content (AvgIpc) is 3.50. The highest BCUT2D eigenvalue weighted by molar-refractivity contribution is 6.09. The molecule has 1 aliphatic rings. The third kappa shape index (κ3) is 7.04. The number of anilines is 2. The van der Waals surface area contributed by atoms with Crippen LogP contribution in [0.2, 0.25) is 0 Å². The van der Waals surface area contributed by atoms with E-state index in [1.165, 1.54) is 6.08 Å². The number of carbonyl (C=O) groups is 1. The molecule has 1 saturated carbocycles. The molecule has 0 saturated heterocycles. The van der Waals surface area contributed by atoms with E-state index in [-0.39, 0.29) is 11.8 Å². The Morgan fingerprint density at radius 1 is 1.12 bits per heavy atom. The Bertz CT molecular complexity index is 691. The summed E-state index contributed by atoms with van der Waals surface area (Å²) in [6.45, 7) is 7.50. The quantitative estimate of drug-likeness (QED) is 0.549. The molecule has 25 heavy (non-hydrogen) atoms. The van der Waals surface area contributed by atoms with E-state index in [1.54, 1.807) is 12.1 Å². The summed E-state index contributed by atoms with van der Waals surface area (Å²) < 4.78 is 0. The van der Waals surface area contributed by atoms with Crippen molar-refractivity contribution < 1.29 is 4.79 Å². The SMILES string of the molecule is C=CC(=N)c1ccccc1N.CC.O=C(Nc1ccccc1)C1CC1. The summed E-state index contributed by atoms with van der Waals surface area (Å²) in [5, 5.41) is 10.3. The van der Waals surface area contributed by atoms with E-state index in [9.17, 15) is 4.79 Å². The molecule has 1 amide bonds. The van der Waals surface area contributed by atoms with E-state index in [1.807, 2.05) is 56.3 Å². The molecule has 3 rings (SSSR count). The van der Waals surface area contributed by atoms with Crippen LogP contribution < -0.4 is 11.1 Å². The number of hydrogen-bond acceptors (Lipinski definition) is 3. The van der Waals surface area contributed by atoms with Gasteiger partial charge in [-0.05, 0) is 37.1 Å². The van der Waals surface area contributed by atoms with Crippen molar-refractivity contribution in [1.29, 1.82) is 5.41 Å². The smallest absolute Gasteiger partial charge is 0.227 e. The monoisotopic (exact) mass is 337 g/mol. The van der Waals surface area contributed by atoms with E-state index in [0.717, 1.165) is 24.1 Å². The first-order valence-corrected chi connectivity index (χ1v) is 8.53. The van der Waals surface area contributed by atoms with Crippen LogP contribution >= 0.6 is 0 Å². The lowest BCUT2D eigenvalue weighted by Crippen LogP contribution is -2.12. The van der Waals surface area contributed by atoms with E-state index < -0.39 is 0 Å². The highest BCUT2D eigenvalue weighted by Gasteiger charge is 2.29. The van der Waals surface area contributed by atoms with Gasteiger partial charge in [0.25, 0.3) is 0 Å². The summed E-state index contributed by atoms with van der Waals surface area (Å²) in [7, 11) is 0. The number of allylic oxidation sites excluding steroid dienone is 1. The number of hydrogen-bond donors (Lipinski definition) is 3. The van der Waals surface area contributed by atoms with Crippen LogP contribution in [-0.4, -0.2) is 11.6 Å². The topological polar surface area (TPSA) is 79.0 Å². The summed E-state index contributed by atoms with van der Waals surface area (Å²) >= 11 is 0. The second kappa shape index (κ2) is 10.8. The van der Waals surface area contributed by atoms with Crippen molar-refractivity contribution in [1.82, 2.24) is 0 Å². The number of nitrogens with one attached hydrogen (secondary N) is 2. The van der Waals surface area contributed by atoms with Gasteiger partial charge in [-0.2, -0.15) is 0 Å². The lowest BCUT2D eigenvalue weighted by atomic mass is 10.1. The molecule has 0 unspecified atom stereocenters. The van der Waals surface area contributed by atoms with Crippen LogP contribution in [0.3, 0.4) is 0 Å². The number of para-hydroxylation sites is 2. The molecule has 0 aliphatic heterocycles. The maximum Gasteiger partial charge on any atom is 0.227 e. The van der Waals surface area contributed by atoms with Crippen molar-refractivity contribution >= 4 is 23.0 Å². The van der Waals surface area contributed by atoms with Crippen LogP contribution in [-0.2, 0) is 4.79 Å². The third-order valence-corrected chi connectivity index (χ3v) is 3.44. The van der Waals surface area contributed by atoms with Gasteiger partial charge in [-0.25, -0.2) is 0 Å². The highest BCUT2D eigenvalue weighted by Crippen LogP contribution is 2.30.